The first-order chi connectivity index (χ1) is 7.38. The van der Waals surface area contributed by atoms with E-state index in [0.29, 0.717) is 18.8 Å². The molecule has 1 saturated heterocycles. The Bertz CT molecular complexity index is 383. The highest BCUT2D eigenvalue weighted by atomic mass is 16.7. The van der Waals surface area contributed by atoms with Crippen LogP contribution in [0.2, 0.25) is 0 Å². The normalized spacial score (nSPS) is 17.0. The van der Waals surface area contributed by atoms with E-state index in [1.165, 1.54) is 0 Å². The van der Waals surface area contributed by atoms with Crippen LogP contribution >= 0.6 is 0 Å². The van der Waals surface area contributed by atoms with Crippen LogP contribution in [-0.4, -0.2) is 19.5 Å². The summed E-state index contributed by atoms with van der Waals surface area (Å²) in [6.07, 6.45) is 3.58. The van der Waals surface area contributed by atoms with Crippen LogP contribution in [0.5, 0.6) is 0 Å². The third kappa shape index (κ3) is 2.66. The van der Waals surface area contributed by atoms with E-state index in [1.807, 2.05) is 24.3 Å². The summed E-state index contributed by atoms with van der Waals surface area (Å²) < 4.78 is 10.5. The predicted octanol–water partition coefficient (Wildman–Crippen LogP) is 1.94. The lowest BCUT2D eigenvalue weighted by Crippen LogP contribution is -2.01. The second-order valence-electron chi connectivity index (χ2n) is 3.20. The summed E-state index contributed by atoms with van der Waals surface area (Å²) in [4.78, 5) is 0. The fourth-order valence-electron chi connectivity index (χ4n) is 1.35. The van der Waals surface area contributed by atoms with Gasteiger partial charge >= 0.3 is 0 Å². The molecule has 0 saturated carbocycles. The van der Waals surface area contributed by atoms with Crippen molar-refractivity contribution in [3.63, 3.8) is 0 Å². The Morgan fingerprint density at radius 3 is 2.47 bits per heavy atom. The molecule has 3 heteroatoms. The van der Waals surface area contributed by atoms with Gasteiger partial charge in [0.2, 0.25) is 0 Å². The molecule has 0 spiro atoms. The summed E-state index contributed by atoms with van der Waals surface area (Å²) in [5.74, 6) is 0. The number of nitrogens with zero attached hydrogens (tertiary/aromatic N) is 1. The molecule has 1 aromatic carbocycles. The smallest absolute Gasteiger partial charge is 0.177 e. The Balaban J connectivity index is 2.01. The molecule has 0 aliphatic carbocycles. The maximum absolute atomic E-state index is 8.62. The van der Waals surface area contributed by atoms with Gasteiger partial charge in [0.05, 0.1) is 24.8 Å². The third-order valence-electron chi connectivity index (χ3n) is 2.13. The number of benzene rings is 1. The fraction of sp³-hybridized carbons (Fsp3) is 0.250. The zero-order valence-corrected chi connectivity index (χ0v) is 8.22. The molecule has 1 heterocycles. The zero-order valence-electron chi connectivity index (χ0n) is 8.22. The van der Waals surface area contributed by atoms with Crippen LogP contribution in [0.3, 0.4) is 0 Å². The second-order valence-corrected chi connectivity index (χ2v) is 3.20. The first-order valence-corrected chi connectivity index (χ1v) is 4.80. The van der Waals surface area contributed by atoms with Gasteiger partial charge < -0.3 is 9.47 Å². The molecule has 3 nitrogen and oxygen atoms in total. The van der Waals surface area contributed by atoms with E-state index in [0.717, 1.165) is 5.56 Å². The molecular formula is C12H11NO2. The first kappa shape index (κ1) is 9.91. The van der Waals surface area contributed by atoms with Gasteiger partial charge in [0.1, 0.15) is 0 Å². The number of nitriles is 1. The van der Waals surface area contributed by atoms with Gasteiger partial charge in [-0.3, -0.25) is 0 Å². The molecule has 0 aromatic heterocycles. The average Bonchev–Trinajstić information content (AvgIpc) is 2.80. The molecule has 1 fully saturated rings. The Kier molecular flexibility index (Phi) is 3.13. The SMILES string of the molecule is N#Cc1ccc(/C=C/C2OCCO2)cc1. The van der Waals surface area contributed by atoms with Crippen molar-refractivity contribution < 1.29 is 9.47 Å². The van der Waals surface area contributed by atoms with Crippen LogP contribution < -0.4 is 0 Å². The highest BCUT2D eigenvalue weighted by molar-refractivity contribution is 5.51. The summed E-state index contributed by atoms with van der Waals surface area (Å²) in [5, 5.41) is 8.62. The highest BCUT2D eigenvalue weighted by Crippen LogP contribution is 2.09. The number of rotatable bonds is 2. The summed E-state index contributed by atoms with van der Waals surface area (Å²) in [7, 11) is 0. The van der Waals surface area contributed by atoms with Crippen LogP contribution in [0, 0.1) is 11.3 Å². The van der Waals surface area contributed by atoms with Gasteiger partial charge in [-0.05, 0) is 23.8 Å². The van der Waals surface area contributed by atoms with E-state index in [9.17, 15) is 0 Å². The average molecular weight is 201 g/mol. The van der Waals surface area contributed by atoms with E-state index in [4.69, 9.17) is 14.7 Å². The third-order valence-corrected chi connectivity index (χ3v) is 2.13. The van der Waals surface area contributed by atoms with Gasteiger partial charge in [0.25, 0.3) is 0 Å². The fourth-order valence-corrected chi connectivity index (χ4v) is 1.35. The van der Waals surface area contributed by atoms with Crippen molar-refractivity contribution in [3.05, 3.63) is 41.5 Å². The molecular weight excluding hydrogens is 190 g/mol. The van der Waals surface area contributed by atoms with Gasteiger partial charge in [-0.15, -0.1) is 0 Å². The van der Waals surface area contributed by atoms with Gasteiger partial charge in [0, 0.05) is 0 Å². The van der Waals surface area contributed by atoms with Crippen molar-refractivity contribution in [3.8, 4) is 6.07 Å². The second kappa shape index (κ2) is 4.74. The molecule has 0 atom stereocenters. The van der Waals surface area contributed by atoms with Gasteiger partial charge in [-0.2, -0.15) is 5.26 Å². The molecule has 0 N–H and O–H groups in total. The quantitative estimate of drug-likeness (QED) is 0.734. The summed E-state index contributed by atoms with van der Waals surface area (Å²) >= 11 is 0. The molecule has 2 rings (SSSR count). The van der Waals surface area contributed by atoms with Crippen molar-refractivity contribution in [2.24, 2.45) is 0 Å². The Labute approximate surface area is 88.5 Å². The summed E-state index contributed by atoms with van der Waals surface area (Å²) in [6, 6.07) is 9.44. The lowest BCUT2D eigenvalue weighted by molar-refractivity contribution is -0.000907. The maximum atomic E-state index is 8.62. The molecule has 0 bridgehead atoms. The predicted molar refractivity (Wildman–Crippen MR) is 55.9 cm³/mol. The van der Waals surface area contributed by atoms with Crippen molar-refractivity contribution in [1.29, 1.82) is 5.26 Å². The topological polar surface area (TPSA) is 42.2 Å². The molecule has 15 heavy (non-hydrogen) atoms. The first-order valence-electron chi connectivity index (χ1n) is 4.80. The lowest BCUT2D eigenvalue weighted by atomic mass is 10.1. The Hall–Kier alpha value is -1.63. The minimum atomic E-state index is -0.222. The van der Waals surface area contributed by atoms with Crippen molar-refractivity contribution in [1.82, 2.24) is 0 Å². The van der Waals surface area contributed by atoms with Crippen LogP contribution in [0.25, 0.3) is 6.08 Å². The Morgan fingerprint density at radius 2 is 1.87 bits per heavy atom. The van der Waals surface area contributed by atoms with Gasteiger partial charge in [-0.1, -0.05) is 18.2 Å². The van der Waals surface area contributed by atoms with Gasteiger partial charge in [0.15, 0.2) is 6.29 Å². The number of hydrogen-bond acceptors (Lipinski definition) is 3. The largest absolute Gasteiger partial charge is 0.347 e. The van der Waals surface area contributed by atoms with Crippen molar-refractivity contribution >= 4 is 6.08 Å². The van der Waals surface area contributed by atoms with E-state index < -0.39 is 0 Å². The van der Waals surface area contributed by atoms with E-state index >= 15 is 0 Å². The van der Waals surface area contributed by atoms with Crippen LogP contribution in [0.4, 0.5) is 0 Å². The van der Waals surface area contributed by atoms with E-state index in [-0.39, 0.29) is 6.29 Å². The van der Waals surface area contributed by atoms with Crippen LogP contribution in [-0.2, 0) is 9.47 Å². The Morgan fingerprint density at radius 1 is 1.20 bits per heavy atom. The van der Waals surface area contributed by atoms with Crippen molar-refractivity contribution in [2.45, 2.75) is 6.29 Å². The van der Waals surface area contributed by atoms with Gasteiger partial charge in [-0.25, -0.2) is 0 Å². The highest BCUT2D eigenvalue weighted by Gasteiger charge is 2.11. The zero-order chi connectivity index (χ0) is 10.5. The van der Waals surface area contributed by atoms with Crippen LogP contribution in [0.15, 0.2) is 30.3 Å². The molecule has 1 aliphatic heterocycles. The molecule has 0 amide bonds. The summed E-state index contributed by atoms with van der Waals surface area (Å²) in [6.45, 7) is 1.31. The molecule has 76 valence electrons. The maximum Gasteiger partial charge on any atom is 0.177 e. The minimum Gasteiger partial charge on any atom is -0.347 e. The van der Waals surface area contributed by atoms with Crippen molar-refractivity contribution in [2.75, 3.05) is 13.2 Å². The molecule has 1 aromatic rings. The lowest BCUT2D eigenvalue weighted by Gasteiger charge is -2.01. The summed E-state index contributed by atoms with van der Waals surface area (Å²) in [5.41, 5.74) is 1.70. The standard InChI is InChI=1S/C12H11NO2/c13-9-11-3-1-10(2-4-11)5-6-12-14-7-8-15-12/h1-6,12H,7-8H2/b6-5+. The molecule has 0 radical (unpaired) electrons. The van der Waals surface area contributed by atoms with E-state index in [1.54, 1.807) is 12.1 Å². The monoisotopic (exact) mass is 201 g/mol. The number of hydrogen-bond donors (Lipinski definition) is 0. The van der Waals surface area contributed by atoms with Crippen LogP contribution in [0.1, 0.15) is 11.1 Å². The molecule has 0 unspecified atom stereocenters. The van der Waals surface area contributed by atoms with E-state index in [2.05, 4.69) is 6.07 Å². The minimum absolute atomic E-state index is 0.222. The number of ether oxygens (including phenoxy) is 2. The molecule has 1 aliphatic rings.